The van der Waals surface area contributed by atoms with E-state index in [0.717, 1.165) is 12.0 Å². The van der Waals surface area contributed by atoms with Crippen molar-refractivity contribution in [3.05, 3.63) is 35.9 Å². The summed E-state index contributed by atoms with van der Waals surface area (Å²) in [5.41, 5.74) is 10.9. The van der Waals surface area contributed by atoms with Crippen molar-refractivity contribution in [1.82, 2.24) is 0 Å². The third-order valence-electron chi connectivity index (χ3n) is 5.57. The number of hydrogen-bond donors (Lipinski definition) is 4. The molecule has 0 aliphatic carbocycles. The zero-order chi connectivity index (χ0) is 20.9. The van der Waals surface area contributed by atoms with E-state index in [1.165, 1.54) is 0 Å². The van der Waals surface area contributed by atoms with Crippen LogP contribution >= 0.6 is 0 Å². The smallest absolute Gasteiger partial charge is 0.409 e. The van der Waals surface area contributed by atoms with Crippen molar-refractivity contribution in [2.75, 3.05) is 0 Å². The number of cyclic esters (lactones) is 1. The number of rotatable bonds is 8. The number of nitrogens with two attached hydrogens (primary N) is 2. The predicted octanol–water partition coefficient (Wildman–Crippen LogP) is 2.95. The van der Waals surface area contributed by atoms with Crippen molar-refractivity contribution in [3.63, 3.8) is 0 Å². The van der Waals surface area contributed by atoms with Crippen molar-refractivity contribution in [2.24, 2.45) is 11.5 Å². The van der Waals surface area contributed by atoms with E-state index in [9.17, 15) is 9.59 Å². The number of carbonyl (C=O) groups excluding carboxylic acids is 2. The Morgan fingerprint density at radius 3 is 2.32 bits per heavy atom. The monoisotopic (exact) mass is 388 g/mol. The molecule has 1 unspecified atom stereocenters. The second-order valence-corrected chi connectivity index (χ2v) is 7.36. The molecular formula is C20H30N5O3+. The van der Waals surface area contributed by atoms with Crippen molar-refractivity contribution >= 4 is 23.8 Å². The van der Waals surface area contributed by atoms with Gasteiger partial charge in [-0.15, -0.1) is 0 Å². The van der Waals surface area contributed by atoms with E-state index in [4.69, 9.17) is 27.0 Å². The number of benzene rings is 1. The highest BCUT2D eigenvalue weighted by Gasteiger charge is 2.72. The second kappa shape index (κ2) is 8.52. The van der Waals surface area contributed by atoms with Gasteiger partial charge in [0.2, 0.25) is 0 Å². The van der Waals surface area contributed by atoms with Crippen molar-refractivity contribution in [3.8, 4) is 0 Å². The molecule has 0 radical (unpaired) electrons. The number of ether oxygens (including phenoxy) is 1. The van der Waals surface area contributed by atoms with E-state index in [0.29, 0.717) is 25.7 Å². The first-order chi connectivity index (χ1) is 13.2. The summed E-state index contributed by atoms with van der Waals surface area (Å²) in [6, 6.07) is 9.19. The molecule has 2 rings (SSSR count). The third kappa shape index (κ3) is 3.40. The van der Waals surface area contributed by atoms with Gasteiger partial charge in [0.25, 0.3) is 0 Å². The van der Waals surface area contributed by atoms with Crippen LogP contribution in [0.15, 0.2) is 30.3 Å². The second-order valence-electron chi connectivity index (χ2n) is 7.36. The number of nitrogens with zero attached hydrogens (tertiary/aromatic N) is 1. The van der Waals surface area contributed by atoms with E-state index in [-0.39, 0.29) is 12.3 Å². The van der Waals surface area contributed by atoms with Crippen molar-refractivity contribution in [2.45, 2.75) is 64.0 Å². The molecule has 1 aromatic carbocycles. The molecule has 1 saturated heterocycles. The number of amidine groups is 1. The van der Waals surface area contributed by atoms with Crippen LogP contribution in [0.4, 0.5) is 4.79 Å². The van der Waals surface area contributed by atoms with Gasteiger partial charge in [-0.3, -0.25) is 5.41 Å². The fourth-order valence-electron chi connectivity index (χ4n) is 4.08. The molecule has 1 aromatic rings. The number of quaternary nitrogens is 1. The molecule has 8 nitrogen and oxygen atoms in total. The number of nitrogens with one attached hydrogen (secondary N) is 2. The summed E-state index contributed by atoms with van der Waals surface area (Å²) in [6.07, 6.45) is 1.37. The normalized spacial score (nSPS) is 26.6. The van der Waals surface area contributed by atoms with Gasteiger partial charge in [-0.25, -0.2) is 10.2 Å². The zero-order valence-electron chi connectivity index (χ0n) is 16.5. The van der Waals surface area contributed by atoms with Gasteiger partial charge in [0, 0.05) is 18.9 Å². The molecule has 8 heteroatoms. The van der Waals surface area contributed by atoms with Crippen LogP contribution in [0, 0.1) is 10.8 Å². The number of hydrogen-bond acceptors (Lipinski definition) is 5. The number of amides is 2. The molecule has 152 valence electrons. The number of guanidine groups is 1. The maximum Gasteiger partial charge on any atom is 0.532 e. The Morgan fingerprint density at radius 2 is 1.79 bits per heavy atom. The summed E-state index contributed by atoms with van der Waals surface area (Å²) >= 11 is 0. The number of unbranched alkanes of at least 4 members (excludes halogenated alkanes) is 1. The van der Waals surface area contributed by atoms with Gasteiger partial charge in [0.05, 0.1) is 12.3 Å². The lowest BCUT2D eigenvalue weighted by atomic mass is 9.81. The Bertz CT molecular complexity index is 766. The van der Waals surface area contributed by atoms with Gasteiger partial charge in [0.15, 0.2) is 11.6 Å². The minimum absolute atomic E-state index is 0.0449. The van der Waals surface area contributed by atoms with Crippen molar-refractivity contribution in [1.29, 1.82) is 10.8 Å². The predicted molar refractivity (Wildman–Crippen MR) is 107 cm³/mol. The Kier molecular flexibility index (Phi) is 6.56. The molecule has 3 atom stereocenters. The molecule has 1 fully saturated rings. The molecule has 1 heterocycles. The molecule has 6 N–H and O–H groups in total. The number of carbonyl (C=O) groups is 2. The van der Waals surface area contributed by atoms with E-state index < -0.39 is 34.1 Å². The molecular weight excluding hydrogens is 358 g/mol. The first kappa shape index (κ1) is 21.6. The minimum Gasteiger partial charge on any atom is -0.409 e. The van der Waals surface area contributed by atoms with Crippen LogP contribution in [0.25, 0.3) is 0 Å². The summed E-state index contributed by atoms with van der Waals surface area (Å²) in [5, 5.41) is 15.5. The maximum atomic E-state index is 13.4. The molecule has 0 aromatic heterocycles. The Morgan fingerprint density at radius 1 is 1.18 bits per heavy atom. The van der Waals surface area contributed by atoms with Gasteiger partial charge < -0.3 is 16.2 Å². The highest BCUT2D eigenvalue weighted by atomic mass is 16.6. The SMILES string of the molecule is CCC[C@H]1OC(=O)[N+](C(=N)N)(C(=O)CCCCC(=N)N)[C@@]1(C)c1ccccc1. The van der Waals surface area contributed by atoms with Crippen molar-refractivity contribution < 1.29 is 18.8 Å². The third-order valence-corrected chi connectivity index (χ3v) is 5.57. The van der Waals surface area contributed by atoms with Gasteiger partial charge in [-0.05, 0) is 19.3 Å². The molecule has 1 aliphatic rings. The van der Waals surface area contributed by atoms with E-state index >= 15 is 0 Å². The van der Waals surface area contributed by atoms with Gasteiger partial charge in [-0.2, -0.15) is 4.79 Å². The van der Waals surface area contributed by atoms with E-state index in [1.54, 1.807) is 6.92 Å². The molecule has 28 heavy (non-hydrogen) atoms. The van der Waals surface area contributed by atoms with Gasteiger partial charge in [-0.1, -0.05) is 48.2 Å². The lowest BCUT2D eigenvalue weighted by molar-refractivity contribution is -0.742. The Labute approximate surface area is 165 Å². The van der Waals surface area contributed by atoms with Crippen LogP contribution < -0.4 is 11.5 Å². The van der Waals surface area contributed by atoms with E-state index in [1.807, 2.05) is 37.3 Å². The zero-order valence-corrected chi connectivity index (χ0v) is 16.5. The van der Waals surface area contributed by atoms with Gasteiger partial charge in [0.1, 0.15) is 0 Å². The standard InChI is InChI=1S/C20H30N5O3/c1-3-9-15-20(2,14-10-5-4-6-11-14)25(18(23)24,19(27)28-15)17(26)13-8-7-12-16(21)22/h4-6,10-11,15H,3,7-9,12-13H2,1-2H3,(H3,21,22)(H3,23,24)/q+1/t15-,20+,25?/m1/s1. The van der Waals surface area contributed by atoms with Crippen LogP contribution in [0.3, 0.4) is 0 Å². The summed E-state index contributed by atoms with van der Waals surface area (Å²) in [5.74, 6) is -0.946. The Hall–Kier alpha value is -2.74. The summed E-state index contributed by atoms with van der Waals surface area (Å²) in [4.78, 5) is 26.4. The van der Waals surface area contributed by atoms with Crippen LogP contribution in [0.2, 0.25) is 0 Å². The molecule has 0 bridgehead atoms. The maximum absolute atomic E-state index is 13.4. The lowest BCUT2D eigenvalue weighted by Gasteiger charge is -2.39. The van der Waals surface area contributed by atoms with Gasteiger partial charge >= 0.3 is 18.0 Å². The average Bonchev–Trinajstić information content (AvgIpc) is 2.88. The van der Waals surface area contributed by atoms with Crippen LogP contribution in [0.5, 0.6) is 0 Å². The summed E-state index contributed by atoms with van der Waals surface area (Å²) in [6.45, 7) is 3.76. The number of imide groups is 1. The summed E-state index contributed by atoms with van der Waals surface area (Å²) in [7, 11) is 0. The fraction of sp³-hybridized carbons (Fsp3) is 0.500. The fourth-order valence-corrected chi connectivity index (χ4v) is 4.08. The Balaban J connectivity index is 2.51. The minimum atomic E-state index is -1.13. The molecule has 1 aliphatic heterocycles. The first-order valence-electron chi connectivity index (χ1n) is 9.59. The topological polar surface area (TPSA) is 143 Å². The lowest BCUT2D eigenvalue weighted by Crippen LogP contribution is -2.70. The van der Waals surface area contributed by atoms with Crippen LogP contribution in [-0.2, 0) is 15.1 Å². The quantitative estimate of drug-likeness (QED) is 0.234. The highest BCUT2D eigenvalue weighted by molar-refractivity contribution is 5.97. The average molecular weight is 388 g/mol. The van der Waals surface area contributed by atoms with Crippen LogP contribution in [0.1, 0.15) is 57.9 Å². The van der Waals surface area contributed by atoms with E-state index in [2.05, 4.69) is 0 Å². The molecule has 2 amide bonds. The first-order valence-corrected chi connectivity index (χ1v) is 9.59. The van der Waals surface area contributed by atoms with Crippen LogP contribution in [-0.4, -0.2) is 34.4 Å². The molecule has 0 spiro atoms. The summed E-state index contributed by atoms with van der Waals surface area (Å²) < 4.78 is 4.70. The largest absolute Gasteiger partial charge is 0.532 e. The highest BCUT2D eigenvalue weighted by Crippen LogP contribution is 2.48. The molecule has 0 saturated carbocycles.